The number of allylic oxidation sites excluding steroid dienone is 1. The van der Waals surface area contributed by atoms with Gasteiger partial charge in [0, 0.05) is 12.1 Å². The lowest BCUT2D eigenvalue weighted by Gasteiger charge is -2.08. The molecular weight excluding hydrogens is 300 g/mol. The number of furan rings is 2. The summed E-state index contributed by atoms with van der Waals surface area (Å²) in [4.78, 5) is 4.86. The fraction of sp³-hybridized carbons (Fsp3) is 0.0500. The van der Waals surface area contributed by atoms with E-state index in [2.05, 4.69) is 11.1 Å². The van der Waals surface area contributed by atoms with Crippen molar-refractivity contribution in [2.45, 2.75) is 6.54 Å². The highest BCUT2D eigenvalue weighted by molar-refractivity contribution is 5.78. The van der Waals surface area contributed by atoms with Crippen molar-refractivity contribution in [1.82, 2.24) is 9.55 Å². The van der Waals surface area contributed by atoms with Crippen molar-refractivity contribution in [2.75, 3.05) is 0 Å². The Hall–Kier alpha value is -3.27. The molecule has 4 rings (SSSR count). The lowest BCUT2D eigenvalue weighted by molar-refractivity contribution is 0.570. The number of hydrogen-bond donors (Lipinski definition) is 0. The molecule has 0 unspecified atom stereocenters. The highest BCUT2D eigenvalue weighted by Gasteiger charge is 2.23. The Labute approximate surface area is 139 Å². The number of hydrogen-bond acceptors (Lipinski definition) is 3. The van der Waals surface area contributed by atoms with Crippen LogP contribution in [0.2, 0.25) is 0 Å². The Bertz CT molecular complexity index is 933. The number of imidazole rings is 1. The zero-order valence-corrected chi connectivity index (χ0v) is 13.1. The molecule has 1 aromatic carbocycles. The van der Waals surface area contributed by atoms with Crippen molar-refractivity contribution < 1.29 is 8.83 Å². The largest absolute Gasteiger partial charge is 0.463 e. The van der Waals surface area contributed by atoms with Crippen LogP contribution >= 0.6 is 0 Å². The first-order valence-corrected chi connectivity index (χ1v) is 7.73. The summed E-state index contributed by atoms with van der Waals surface area (Å²) < 4.78 is 13.4. The first-order chi connectivity index (χ1) is 11.9. The molecule has 3 heterocycles. The zero-order chi connectivity index (χ0) is 16.4. The van der Waals surface area contributed by atoms with Crippen molar-refractivity contribution in [3.05, 3.63) is 79.8 Å². The molecule has 0 spiro atoms. The molecule has 0 amide bonds. The predicted octanol–water partition coefficient (Wildman–Crippen LogP) is 5.26. The second kappa shape index (κ2) is 6.08. The molecule has 0 fully saturated rings. The van der Waals surface area contributed by atoms with Gasteiger partial charge in [0.05, 0.1) is 12.5 Å². The molecular formula is C20H16N2O2. The van der Waals surface area contributed by atoms with Crippen LogP contribution in [0, 0.1) is 0 Å². The van der Waals surface area contributed by atoms with Crippen LogP contribution in [0.1, 0.15) is 0 Å². The molecule has 0 radical (unpaired) electrons. The van der Waals surface area contributed by atoms with E-state index in [0.717, 1.165) is 28.5 Å². The lowest BCUT2D eigenvalue weighted by Crippen LogP contribution is -2.00. The van der Waals surface area contributed by atoms with Gasteiger partial charge >= 0.3 is 0 Å². The maximum atomic E-state index is 5.66. The van der Waals surface area contributed by atoms with Gasteiger partial charge < -0.3 is 13.4 Å². The molecule has 118 valence electrons. The van der Waals surface area contributed by atoms with Crippen LogP contribution in [0.25, 0.3) is 34.3 Å². The Morgan fingerprint density at radius 3 is 2.25 bits per heavy atom. The summed E-state index contributed by atoms with van der Waals surface area (Å²) in [5.74, 6) is 2.31. The molecule has 0 aliphatic heterocycles. The van der Waals surface area contributed by atoms with E-state index in [9.17, 15) is 0 Å². The molecule has 4 aromatic rings. The van der Waals surface area contributed by atoms with Crippen molar-refractivity contribution >= 4 is 0 Å². The van der Waals surface area contributed by atoms with Crippen molar-refractivity contribution in [3.8, 4) is 34.3 Å². The molecule has 0 saturated heterocycles. The van der Waals surface area contributed by atoms with E-state index in [0.29, 0.717) is 12.3 Å². The third kappa shape index (κ3) is 2.38. The molecule has 4 nitrogen and oxygen atoms in total. The van der Waals surface area contributed by atoms with Gasteiger partial charge in [-0.2, -0.15) is 0 Å². The molecule has 24 heavy (non-hydrogen) atoms. The third-order valence-corrected chi connectivity index (χ3v) is 3.82. The number of benzene rings is 1. The second-order valence-electron chi connectivity index (χ2n) is 5.35. The maximum Gasteiger partial charge on any atom is 0.154 e. The van der Waals surface area contributed by atoms with Gasteiger partial charge in [-0.25, -0.2) is 4.98 Å². The van der Waals surface area contributed by atoms with Crippen LogP contribution in [0.4, 0.5) is 0 Å². The van der Waals surface area contributed by atoms with Gasteiger partial charge in [-0.05, 0) is 24.3 Å². The van der Waals surface area contributed by atoms with Crippen LogP contribution < -0.4 is 0 Å². The molecule has 0 aliphatic carbocycles. The number of aromatic nitrogens is 2. The topological polar surface area (TPSA) is 44.1 Å². The average molecular weight is 316 g/mol. The van der Waals surface area contributed by atoms with Gasteiger partial charge in [0.2, 0.25) is 0 Å². The summed E-state index contributed by atoms with van der Waals surface area (Å²) in [5, 5.41) is 0. The van der Waals surface area contributed by atoms with Gasteiger partial charge in [0.25, 0.3) is 0 Å². The first-order valence-electron chi connectivity index (χ1n) is 7.73. The fourth-order valence-electron chi connectivity index (χ4n) is 2.82. The molecule has 0 bridgehead atoms. The number of nitrogens with zero attached hydrogens (tertiary/aromatic N) is 2. The minimum absolute atomic E-state index is 0.619. The van der Waals surface area contributed by atoms with E-state index in [1.54, 1.807) is 12.5 Å². The van der Waals surface area contributed by atoms with Crippen LogP contribution in [-0.2, 0) is 6.54 Å². The Kier molecular flexibility index (Phi) is 3.63. The molecule has 4 heteroatoms. The van der Waals surface area contributed by atoms with Crippen molar-refractivity contribution in [3.63, 3.8) is 0 Å². The second-order valence-corrected chi connectivity index (χ2v) is 5.35. The maximum absolute atomic E-state index is 5.66. The van der Waals surface area contributed by atoms with Crippen molar-refractivity contribution in [1.29, 1.82) is 0 Å². The summed E-state index contributed by atoms with van der Waals surface area (Å²) in [5.41, 5.74) is 2.68. The van der Waals surface area contributed by atoms with Gasteiger partial charge in [-0.1, -0.05) is 36.4 Å². The Morgan fingerprint density at radius 1 is 0.917 bits per heavy atom. The molecule has 0 saturated carbocycles. The summed E-state index contributed by atoms with van der Waals surface area (Å²) >= 11 is 0. The monoisotopic (exact) mass is 316 g/mol. The molecule has 0 atom stereocenters. The van der Waals surface area contributed by atoms with E-state index in [1.807, 2.05) is 60.7 Å². The molecule has 0 N–H and O–H groups in total. The minimum atomic E-state index is 0.619. The van der Waals surface area contributed by atoms with Gasteiger partial charge in [-0.3, -0.25) is 0 Å². The van der Waals surface area contributed by atoms with E-state index in [1.165, 1.54) is 0 Å². The summed E-state index contributed by atoms with van der Waals surface area (Å²) in [6.07, 6.45) is 5.16. The van der Waals surface area contributed by atoms with Crippen LogP contribution in [-0.4, -0.2) is 9.55 Å². The Balaban J connectivity index is 2.02. The van der Waals surface area contributed by atoms with Crippen LogP contribution in [0.5, 0.6) is 0 Å². The van der Waals surface area contributed by atoms with Gasteiger partial charge in [-0.15, -0.1) is 6.58 Å². The minimum Gasteiger partial charge on any atom is -0.463 e. The lowest BCUT2D eigenvalue weighted by atomic mass is 10.2. The van der Waals surface area contributed by atoms with E-state index in [-0.39, 0.29) is 0 Å². The SMILES string of the molecule is C=CCn1c(-c2ccccc2)nc(-c2ccco2)c1-c1ccco1. The van der Waals surface area contributed by atoms with Crippen LogP contribution in [0.3, 0.4) is 0 Å². The quantitative estimate of drug-likeness (QED) is 0.472. The van der Waals surface area contributed by atoms with E-state index < -0.39 is 0 Å². The van der Waals surface area contributed by atoms with Crippen LogP contribution in [0.15, 0.2) is 88.6 Å². The third-order valence-electron chi connectivity index (χ3n) is 3.82. The Morgan fingerprint density at radius 2 is 1.62 bits per heavy atom. The van der Waals surface area contributed by atoms with Crippen molar-refractivity contribution in [2.24, 2.45) is 0 Å². The first kappa shape index (κ1) is 14.3. The van der Waals surface area contributed by atoms with Gasteiger partial charge in [0.15, 0.2) is 11.5 Å². The standard InChI is InChI=1S/C20H16N2O2/c1-2-12-22-19(17-11-7-14-24-17)18(16-10-6-13-23-16)21-20(22)15-8-4-3-5-9-15/h2-11,13-14H,1,12H2. The van der Waals surface area contributed by atoms with E-state index in [4.69, 9.17) is 13.8 Å². The summed E-state index contributed by atoms with van der Waals surface area (Å²) in [6, 6.07) is 17.6. The normalized spacial score (nSPS) is 10.8. The fourth-order valence-corrected chi connectivity index (χ4v) is 2.82. The van der Waals surface area contributed by atoms with Gasteiger partial charge in [0.1, 0.15) is 17.2 Å². The van der Waals surface area contributed by atoms with E-state index >= 15 is 0 Å². The highest BCUT2D eigenvalue weighted by Crippen LogP contribution is 2.36. The number of rotatable bonds is 5. The average Bonchev–Trinajstić information content (AvgIpc) is 3.36. The predicted molar refractivity (Wildman–Crippen MR) is 93.3 cm³/mol. The molecule has 3 aromatic heterocycles. The molecule has 0 aliphatic rings. The zero-order valence-electron chi connectivity index (χ0n) is 13.1. The highest BCUT2D eigenvalue weighted by atomic mass is 16.3. The smallest absolute Gasteiger partial charge is 0.154 e. The summed E-state index contributed by atoms with van der Waals surface area (Å²) in [6.45, 7) is 4.50. The summed E-state index contributed by atoms with van der Waals surface area (Å²) in [7, 11) is 0.